The summed E-state index contributed by atoms with van der Waals surface area (Å²) in [5.41, 5.74) is 6.32. The molecule has 0 fully saturated rings. The van der Waals surface area contributed by atoms with Gasteiger partial charge in [-0.2, -0.15) is 0 Å². The molecule has 1 aliphatic rings. The summed E-state index contributed by atoms with van der Waals surface area (Å²) in [5.74, 6) is -0.692. The van der Waals surface area contributed by atoms with Crippen LogP contribution in [0.15, 0.2) is 21.8 Å². The van der Waals surface area contributed by atoms with Crippen molar-refractivity contribution >= 4 is 27.6 Å². The lowest BCUT2D eigenvalue weighted by atomic mass is 10.1. The Kier molecular flexibility index (Phi) is 4.26. The Morgan fingerprint density at radius 1 is 1.62 bits per heavy atom. The lowest BCUT2D eigenvalue weighted by molar-refractivity contribution is -0.125. The number of hydrogen-bond acceptors (Lipinski definition) is 4. The lowest BCUT2D eigenvalue weighted by Crippen LogP contribution is -2.40. The van der Waals surface area contributed by atoms with Crippen molar-refractivity contribution < 1.29 is 14.3 Å². The van der Waals surface area contributed by atoms with Crippen molar-refractivity contribution in [2.75, 3.05) is 6.61 Å². The molecule has 1 heterocycles. The van der Waals surface area contributed by atoms with Crippen LogP contribution in [0.3, 0.4) is 0 Å². The van der Waals surface area contributed by atoms with Gasteiger partial charge in [0.1, 0.15) is 6.61 Å². The first-order chi connectivity index (χ1) is 7.41. The number of nitrogens with two attached hydrogens (primary N) is 1. The molecule has 0 aromatic rings. The van der Waals surface area contributed by atoms with Gasteiger partial charge in [0, 0.05) is 10.2 Å². The fraction of sp³-hybridized carbons (Fsp3) is 0.400. The van der Waals surface area contributed by atoms with Crippen LogP contribution in [0.1, 0.15) is 13.8 Å². The molecular weight excluding hydrogens is 276 g/mol. The van der Waals surface area contributed by atoms with Crippen molar-refractivity contribution in [3.63, 3.8) is 0 Å². The van der Waals surface area contributed by atoms with E-state index >= 15 is 0 Å². The summed E-state index contributed by atoms with van der Waals surface area (Å²) < 4.78 is 5.99. The number of carbonyl (C=O) groups excluding carboxylic acids is 2. The van der Waals surface area contributed by atoms with Gasteiger partial charge in [0.2, 0.25) is 5.91 Å². The van der Waals surface area contributed by atoms with Gasteiger partial charge in [-0.25, -0.2) is 0 Å². The highest BCUT2D eigenvalue weighted by Gasteiger charge is 2.24. The Balaban J connectivity index is 2.83. The van der Waals surface area contributed by atoms with E-state index in [1.165, 1.54) is 6.92 Å². The summed E-state index contributed by atoms with van der Waals surface area (Å²) in [6.07, 6.45) is 0.932. The molecular formula is C10H13BrN2O3. The number of ether oxygens (including phenoxy) is 1. The van der Waals surface area contributed by atoms with Crippen molar-refractivity contribution in [2.24, 2.45) is 5.73 Å². The lowest BCUT2D eigenvalue weighted by Gasteiger charge is -2.25. The van der Waals surface area contributed by atoms with Gasteiger partial charge in [-0.15, -0.1) is 0 Å². The molecule has 0 saturated heterocycles. The molecule has 1 atom stereocenters. The number of Topliss-reactive ketones (excluding diaryl/α,β-unsaturated/α-hetero) is 1. The van der Waals surface area contributed by atoms with Crippen molar-refractivity contribution in [2.45, 2.75) is 20.1 Å². The SMILES string of the molecule is CC(=O)CO[C@H]1NC(C)=C(Br)C=C1C(N)=O. The molecule has 0 bridgehead atoms. The fourth-order valence-electron chi connectivity index (χ4n) is 1.20. The molecule has 1 amide bonds. The van der Waals surface area contributed by atoms with Crippen LogP contribution in [0.25, 0.3) is 0 Å². The van der Waals surface area contributed by atoms with E-state index in [2.05, 4.69) is 21.2 Å². The number of ketones is 1. The first-order valence-corrected chi connectivity index (χ1v) is 5.46. The van der Waals surface area contributed by atoms with Crippen LogP contribution in [0.2, 0.25) is 0 Å². The number of hydrogen-bond donors (Lipinski definition) is 2. The van der Waals surface area contributed by atoms with E-state index in [1.807, 2.05) is 6.92 Å². The molecule has 1 aliphatic heterocycles. The Morgan fingerprint density at radius 2 is 2.25 bits per heavy atom. The maximum atomic E-state index is 11.2. The van der Waals surface area contributed by atoms with Gasteiger partial charge in [0.25, 0.3) is 0 Å². The van der Waals surface area contributed by atoms with Crippen molar-refractivity contribution in [1.82, 2.24) is 5.32 Å². The number of dihydropyridines is 1. The number of amides is 1. The van der Waals surface area contributed by atoms with Gasteiger partial charge in [-0.3, -0.25) is 9.59 Å². The summed E-state index contributed by atoms with van der Waals surface area (Å²) in [4.78, 5) is 22.0. The number of carbonyl (C=O) groups is 2. The van der Waals surface area contributed by atoms with Crippen LogP contribution in [-0.2, 0) is 14.3 Å². The summed E-state index contributed by atoms with van der Waals surface area (Å²) in [5, 5.41) is 2.94. The summed E-state index contributed by atoms with van der Waals surface area (Å²) in [6, 6.07) is 0. The normalized spacial score (nSPS) is 20.2. The standard InChI is InChI=1S/C10H13BrN2O3/c1-5(14)4-16-10-7(9(12)15)3-8(11)6(2)13-10/h3,10,13H,4H2,1-2H3,(H2,12,15)/t10-/m1/s1. The third-order valence-corrected chi connectivity index (χ3v) is 2.83. The monoisotopic (exact) mass is 288 g/mol. The molecule has 88 valence electrons. The predicted octanol–water partition coefficient (Wildman–Crippen LogP) is 0.559. The number of nitrogens with one attached hydrogen (secondary N) is 1. The van der Waals surface area contributed by atoms with Crippen LogP contribution in [0.4, 0.5) is 0 Å². The zero-order chi connectivity index (χ0) is 12.3. The molecule has 0 spiro atoms. The number of rotatable bonds is 4. The molecule has 0 radical (unpaired) electrons. The minimum absolute atomic E-state index is 0.0623. The van der Waals surface area contributed by atoms with E-state index in [4.69, 9.17) is 10.5 Å². The third kappa shape index (κ3) is 3.18. The van der Waals surface area contributed by atoms with E-state index in [0.29, 0.717) is 5.57 Å². The van der Waals surface area contributed by atoms with Gasteiger partial charge in [-0.05, 0) is 35.9 Å². The number of allylic oxidation sites excluding steroid dienone is 3. The highest BCUT2D eigenvalue weighted by Crippen LogP contribution is 2.22. The van der Waals surface area contributed by atoms with E-state index in [1.54, 1.807) is 6.08 Å². The zero-order valence-electron chi connectivity index (χ0n) is 9.04. The second-order valence-corrected chi connectivity index (χ2v) is 4.33. The van der Waals surface area contributed by atoms with Crippen LogP contribution in [-0.4, -0.2) is 24.5 Å². The molecule has 0 saturated carbocycles. The molecule has 5 nitrogen and oxygen atoms in total. The molecule has 1 rings (SSSR count). The van der Waals surface area contributed by atoms with Gasteiger partial charge in [-0.1, -0.05) is 0 Å². The second kappa shape index (κ2) is 5.27. The molecule has 16 heavy (non-hydrogen) atoms. The number of primary amides is 1. The van der Waals surface area contributed by atoms with Crippen LogP contribution < -0.4 is 11.1 Å². The largest absolute Gasteiger partial charge is 0.366 e. The van der Waals surface area contributed by atoms with E-state index in [0.717, 1.165) is 10.2 Å². The molecule has 0 aromatic carbocycles. The van der Waals surface area contributed by atoms with Crippen molar-refractivity contribution in [1.29, 1.82) is 0 Å². The minimum Gasteiger partial charge on any atom is -0.366 e. The highest BCUT2D eigenvalue weighted by atomic mass is 79.9. The highest BCUT2D eigenvalue weighted by molar-refractivity contribution is 9.11. The van der Waals surface area contributed by atoms with E-state index in [-0.39, 0.29) is 12.4 Å². The average Bonchev–Trinajstić information content (AvgIpc) is 2.18. The zero-order valence-corrected chi connectivity index (χ0v) is 10.6. The molecule has 0 unspecified atom stereocenters. The summed E-state index contributed by atoms with van der Waals surface area (Å²) in [7, 11) is 0. The molecule has 0 aliphatic carbocycles. The first-order valence-electron chi connectivity index (χ1n) is 4.67. The van der Waals surface area contributed by atoms with Crippen LogP contribution in [0, 0.1) is 0 Å². The van der Waals surface area contributed by atoms with Crippen LogP contribution in [0.5, 0.6) is 0 Å². The van der Waals surface area contributed by atoms with E-state index < -0.39 is 12.1 Å². The third-order valence-electron chi connectivity index (χ3n) is 2.01. The van der Waals surface area contributed by atoms with Crippen molar-refractivity contribution in [3.8, 4) is 0 Å². The van der Waals surface area contributed by atoms with Gasteiger partial charge in [0.15, 0.2) is 12.0 Å². The van der Waals surface area contributed by atoms with E-state index in [9.17, 15) is 9.59 Å². The molecule has 3 N–H and O–H groups in total. The summed E-state index contributed by atoms with van der Waals surface area (Å²) in [6.45, 7) is 3.17. The second-order valence-electron chi connectivity index (χ2n) is 3.47. The Morgan fingerprint density at radius 3 is 2.75 bits per heavy atom. The maximum Gasteiger partial charge on any atom is 0.249 e. The molecule has 6 heteroatoms. The smallest absolute Gasteiger partial charge is 0.249 e. The van der Waals surface area contributed by atoms with Crippen molar-refractivity contribution in [3.05, 3.63) is 21.8 Å². The minimum atomic E-state index is -0.664. The topological polar surface area (TPSA) is 81.4 Å². The van der Waals surface area contributed by atoms with Crippen LogP contribution >= 0.6 is 15.9 Å². The first kappa shape index (κ1) is 12.9. The van der Waals surface area contributed by atoms with Gasteiger partial charge < -0.3 is 15.8 Å². The summed E-state index contributed by atoms with van der Waals surface area (Å²) >= 11 is 3.28. The Bertz CT molecular complexity index is 388. The molecule has 0 aromatic heterocycles. The predicted molar refractivity (Wildman–Crippen MR) is 62.5 cm³/mol. The fourth-order valence-corrected chi connectivity index (χ4v) is 1.56. The van der Waals surface area contributed by atoms with Gasteiger partial charge >= 0.3 is 0 Å². The maximum absolute atomic E-state index is 11.2. The Labute approximate surface area is 102 Å². The number of halogens is 1. The Hall–Kier alpha value is -1.14. The average molecular weight is 289 g/mol. The quantitative estimate of drug-likeness (QED) is 0.792. The van der Waals surface area contributed by atoms with Gasteiger partial charge in [0.05, 0.1) is 5.57 Å².